The number of benzene rings is 2. The number of ether oxygens (including phenoxy) is 1. The highest BCUT2D eigenvalue weighted by Crippen LogP contribution is 2.36. The van der Waals surface area contributed by atoms with Gasteiger partial charge in [-0.3, -0.25) is 4.98 Å². The van der Waals surface area contributed by atoms with E-state index in [9.17, 15) is 4.79 Å². The Morgan fingerprint density at radius 2 is 1.81 bits per heavy atom. The van der Waals surface area contributed by atoms with Crippen LogP contribution in [0.25, 0.3) is 11.1 Å². The van der Waals surface area contributed by atoms with Crippen LogP contribution in [-0.4, -0.2) is 18.1 Å². The maximum Gasteiger partial charge on any atom is 0.337 e. The number of hydrogen-bond acceptors (Lipinski definition) is 5. The van der Waals surface area contributed by atoms with E-state index in [1.807, 2.05) is 18.2 Å². The minimum absolute atomic E-state index is 0.325. The van der Waals surface area contributed by atoms with Gasteiger partial charge >= 0.3 is 5.97 Å². The summed E-state index contributed by atoms with van der Waals surface area (Å²) in [5.41, 5.74) is 14.9. The quantitative estimate of drug-likeness (QED) is 0.333. The number of carbonyl (C=O) groups is 1. The highest BCUT2D eigenvalue weighted by atomic mass is 32.2. The molecule has 1 heterocycles. The summed E-state index contributed by atoms with van der Waals surface area (Å²) in [6, 6.07) is 16.2. The first-order chi connectivity index (χ1) is 15.3. The van der Waals surface area contributed by atoms with Crippen molar-refractivity contribution in [2.45, 2.75) is 51.3 Å². The van der Waals surface area contributed by atoms with Crippen LogP contribution in [0.15, 0.2) is 53.4 Å². The predicted molar refractivity (Wildman–Crippen MR) is 133 cm³/mol. The molecule has 2 aromatic carbocycles. The number of rotatable bonds is 8. The second-order valence-electron chi connectivity index (χ2n) is 8.45. The molecule has 0 aliphatic heterocycles. The first-order valence-electron chi connectivity index (χ1n) is 10.9. The number of nitrogens with zero attached hydrogens (tertiary/aromatic N) is 1. The number of nitrogens with two attached hydrogens (primary N) is 1. The second-order valence-corrected chi connectivity index (χ2v) is 9.50. The van der Waals surface area contributed by atoms with Crippen LogP contribution >= 0.6 is 11.8 Å². The van der Waals surface area contributed by atoms with E-state index in [2.05, 4.69) is 52.0 Å². The first kappa shape index (κ1) is 24.0. The molecule has 0 atom stereocenters. The summed E-state index contributed by atoms with van der Waals surface area (Å²) in [6.45, 7) is 9.05. The van der Waals surface area contributed by atoms with Gasteiger partial charge in [-0.1, -0.05) is 49.7 Å². The Bertz CT molecular complexity index is 1090. The van der Waals surface area contributed by atoms with Gasteiger partial charge < -0.3 is 10.5 Å². The van der Waals surface area contributed by atoms with Crippen molar-refractivity contribution < 1.29 is 9.53 Å². The average molecular weight is 449 g/mol. The largest absolute Gasteiger partial charge is 0.465 e. The lowest BCUT2D eigenvalue weighted by molar-refractivity contribution is 0.0600. The van der Waals surface area contributed by atoms with Crippen LogP contribution in [0.3, 0.4) is 0 Å². The molecule has 3 rings (SSSR count). The normalized spacial score (nSPS) is 11.1. The van der Waals surface area contributed by atoms with Gasteiger partial charge in [0.1, 0.15) is 0 Å². The van der Waals surface area contributed by atoms with Crippen molar-refractivity contribution in [1.82, 2.24) is 4.98 Å². The maximum atomic E-state index is 11.9. The van der Waals surface area contributed by atoms with Crippen LogP contribution in [0.2, 0.25) is 0 Å². The molecule has 0 aliphatic rings. The summed E-state index contributed by atoms with van der Waals surface area (Å²) in [6.07, 6.45) is 0.904. The topological polar surface area (TPSA) is 65.2 Å². The van der Waals surface area contributed by atoms with Gasteiger partial charge in [0.2, 0.25) is 0 Å². The highest BCUT2D eigenvalue weighted by molar-refractivity contribution is 7.98. The predicted octanol–water partition coefficient (Wildman–Crippen LogP) is 6.10. The van der Waals surface area contributed by atoms with Crippen molar-refractivity contribution in [3.05, 3.63) is 82.2 Å². The van der Waals surface area contributed by atoms with Gasteiger partial charge in [0, 0.05) is 28.6 Å². The molecular weight excluding hydrogens is 416 g/mol. The first-order valence-corrected chi connectivity index (χ1v) is 11.9. The fourth-order valence-corrected chi connectivity index (χ4v) is 4.90. The van der Waals surface area contributed by atoms with E-state index in [1.165, 1.54) is 29.4 Å². The molecule has 0 amide bonds. The molecule has 4 nitrogen and oxygen atoms in total. The van der Waals surface area contributed by atoms with Crippen LogP contribution in [0.1, 0.15) is 52.3 Å². The van der Waals surface area contributed by atoms with E-state index in [0.717, 1.165) is 34.0 Å². The standard InChI is InChI=1S/C27H32N2O2S/c1-17(2)13-25-23(15-28)26(20-11-9-18(3)10-12-20)24(19(4)29-25)16-32-22-8-6-7-21(14-22)27(30)31-5/h6-12,14,17H,13,15-16,28H2,1-5H3. The van der Waals surface area contributed by atoms with E-state index in [1.54, 1.807) is 17.8 Å². The summed E-state index contributed by atoms with van der Waals surface area (Å²) >= 11 is 1.69. The van der Waals surface area contributed by atoms with E-state index in [0.29, 0.717) is 18.0 Å². The van der Waals surface area contributed by atoms with Crippen molar-refractivity contribution >= 4 is 17.7 Å². The molecule has 0 unspecified atom stereocenters. The molecule has 0 saturated heterocycles. The van der Waals surface area contributed by atoms with Crippen molar-refractivity contribution in [3.63, 3.8) is 0 Å². The molecule has 0 fully saturated rings. The Kier molecular flexibility index (Phi) is 8.10. The van der Waals surface area contributed by atoms with Gasteiger partial charge in [-0.15, -0.1) is 11.8 Å². The smallest absolute Gasteiger partial charge is 0.337 e. The number of thioether (sulfide) groups is 1. The second kappa shape index (κ2) is 10.8. The summed E-state index contributed by atoms with van der Waals surface area (Å²) in [7, 11) is 1.40. The average Bonchev–Trinajstić information content (AvgIpc) is 2.78. The number of aryl methyl sites for hydroxylation is 2. The van der Waals surface area contributed by atoms with Crippen molar-refractivity contribution in [2.75, 3.05) is 7.11 Å². The van der Waals surface area contributed by atoms with Gasteiger partial charge in [0.25, 0.3) is 0 Å². The lowest BCUT2D eigenvalue weighted by Gasteiger charge is -2.21. The van der Waals surface area contributed by atoms with Crippen LogP contribution in [0, 0.1) is 19.8 Å². The Hall–Kier alpha value is -2.63. The third-order valence-electron chi connectivity index (χ3n) is 5.48. The number of hydrogen-bond donors (Lipinski definition) is 1. The van der Waals surface area contributed by atoms with Gasteiger partial charge in [-0.05, 0) is 66.6 Å². The Morgan fingerprint density at radius 1 is 1.09 bits per heavy atom. The Labute approximate surface area is 195 Å². The van der Waals surface area contributed by atoms with Gasteiger partial charge in [0.05, 0.1) is 12.7 Å². The number of esters is 1. The van der Waals surface area contributed by atoms with Gasteiger partial charge in [0.15, 0.2) is 0 Å². The van der Waals surface area contributed by atoms with E-state index in [4.69, 9.17) is 15.5 Å². The number of aromatic nitrogens is 1. The monoisotopic (exact) mass is 448 g/mol. The molecular formula is C27H32N2O2S. The molecule has 0 aliphatic carbocycles. The zero-order valence-corrected chi connectivity index (χ0v) is 20.4. The Balaban J connectivity index is 2.06. The number of pyridine rings is 1. The lowest BCUT2D eigenvalue weighted by atomic mass is 9.90. The zero-order chi connectivity index (χ0) is 23.3. The molecule has 1 aromatic heterocycles. The summed E-state index contributed by atoms with van der Waals surface area (Å²) in [5.74, 6) is 0.912. The molecule has 3 aromatic rings. The lowest BCUT2D eigenvalue weighted by Crippen LogP contribution is -2.13. The van der Waals surface area contributed by atoms with Crippen molar-refractivity contribution in [1.29, 1.82) is 0 Å². The zero-order valence-electron chi connectivity index (χ0n) is 19.6. The van der Waals surface area contributed by atoms with E-state index in [-0.39, 0.29) is 5.97 Å². The van der Waals surface area contributed by atoms with E-state index < -0.39 is 0 Å². The maximum absolute atomic E-state index is 11.9. The van der Waals surface area contributed by atoms with Crippen LogP contribution in [0.4, 0.5) is 0 Å². The molecule has 0 bridgehead atoms. The third-order valence-corrected chi connectivity index (χ3v) is 6.50. The van der Waals surface area contributed by atoms with Crippen LogP contribution in [-0.2, 0) is 23.5 Å². The minimum Gasteiger partial charge on any atom is -0.465 e. The molecule has 5 heteroatoms. The molecule has 0 saturated carbocycles. The fourth-order valence-electron chi connectivity index (χ4n) is 3.85. The van der Waals surface area contributed by atoms with Crippen LogP contribution < -0.4 is 5.73 Å². The fraction of sp³-hybridized carbons (Fsp3) is 0.333. The Morgan fingerprint density at radius 3 is 2.44 bits per heavy atom. The van der Waals surface area contributed by atoms with Gasteiger partial charge in [-0.25, -0.2) is 4.79 Å². The molecule has 2 N–H and O–H groups in total. The van der Waals surface area contributed by atoms with Gasteiger partial charge in [-0.2, -0.15) is 0 Å². The van der Waals surface area contributed by atoms with Crippen molar-refractivity contribution in [3.8, 4) is 11.1 Å². The molecule has 0 radical (unpaired) electrons. The molecule has 32 heavy (non-hydrogen) atoms. The van der Waals surface area contributed by atoms with Crippen LogP contribution in [0.5, 0.6) is 0 Å². The molecule has 0 spiro atoms. The highest BCUT2D eigenvalue weighted by Gasteiger charge is 2.19. The van der Waals surface area contributed by atoms with E-state index >= 15 is 0 Å². The summed E-state index contributed by atoms with van der Waals surface area (Å²) in [4.78, 5) is 17.9. The number of methoxy groups -OCH3 is 1. The third kappa shape index (κ3) is 5.59. The molecule has 168 valence electrons. The summed E-state index contributed by atoms with van der Waals surface area (Å²) in [5, 5.41) is 0. The summed E-state index contributed by atoms with van der Waals surface area (Å²) < 4.78 is 4.86. The van der Waals surface area contributed by atoms with Crippen molar-refractivity contribution in [2.24, 2.45) is 11.7 Å². The number of carbonyl (C=O) groups excluding carboxylic acids is 1. The SMILES string of the molecule is COC(=O)c1cccc(SCc2c(C)nc(CC(C)C)c(CN)c2-c2ccc(C)cc2)c1. The minimum atomic E-state index is -0.325.